The van der Waals surface area contributed by atoms with Gasteiger partial charge >= 0.3 is 0 Å². The molecular weight excluding hydrogens is 312 g/mol. The molecule has 2 bridgehead atoms. The molecule has 1 aromatic carbocycles. The second-order valence-corrected chi connectivity index (χ2v) is 8.30. The second-order valence-electron chi connectivity index (χ2n) is 8.30. The van der Waals surface area contributed by atoms with Crippen LogP contribution in [0.5, 0.6) is 5.75 Å². The standard InChI is InChI=1S/C21H32N2O2/c1-14(2)13-25-19-8-6-15(7-9-19)10-20(24)23-21-16-4-3-5-17(21)12-18(22)11-16/h6-9,14,16-18,21H,3-5,10-13,22H2,1-2H3,(H,23,24). The van der Waals surface area contributed by atoms with Crippen LogP contribution in [0.3, 0.4) is 0 Å². The quantitative estimate of drug-likeness (QED) is 0.832. The first kappa shape index (κ1) is 18.2. The summed E-state index contributed by atoms with van der Waals surface area (Å²) in [7, 11) is 0. The van der Waals surface area contributed by atoms with Crippen LogP contribution in [0.2, 0.25) is 0 Å². The van der Waals surface area contributed by atoms with Gasteiger partial charge in [-0.3, -0.25) is 4.79 Å². The normalized spacial score (nSPS) is 28.6. The van der Waals surface area contributed by atoms with Crippen molar-refractivity contribution in [3.8, 4) is 5.75 Å². The lowest BCUT2D eigenvalue weighted by atomic mass is 9.67. The Morgan fingerprint density at radius 2 is 1.84 bits per heavy atom. The molecule has 2 unspecified atom stereocenters. The summed E-state index contributed by atoms with van der Waals surface area (Å²) in [6, 6.07) is 8.55. The van der Waals surface area contributed by atoms with Crippen molar-refractivity contribution in [2.45, 2.75) is 64.5 Å². The largest absolute Gasteiger partial charge is 0.493 e. The number of hydrogen-bond acceptors (Lipinski definition) is 3. The van der Waals surface area contributed by atoms with Crippen LogP contribution in [0.1, 0.15) is 51.5 Å². The van der Waals surface area contributed by atoms with Crippen molar-refractivity contribution in [2.75, 3.05) is 6.61 Å². The molecule has 0 saturated heterocycles. The first-order valence-electron chi connectivity index (χ1n) is 9.78. The highest BCUT2D eigenvalue weighted by Crippen LogP contribution is 2.39. The van der Waals surface area contributed by atoms with E-state index in [1.807, 2.05) is 24.3 Å². The molecule has 1 aromatic rings. The number of amides is 1. The van der Waals surface area contributed by atoms with Gasteiger partial charge in [0.1, 0.15) is 5.75 Å². The molecule has 4 heteroatoms. The van der Waals surface area contributed by atoms with Crippen molar-refractivity contribution in [3.05, 3.63) is 29.8 Å². The van der Waals surface area contributed by atoms with Gasteiger partial charge < -0.3 is 15.8 Å². The Bertz CT molecular complexity index is 556. The summed E-state index contributed by atoms with van der Waals surface area (Å²) in [6.07, 6.45) is 6.25. The van der Waals surface area contributed by atoms with E-state index in [0.717, 1.165) is 24.2 Å². The van der Waals surface area contributed by atoms with Crippen LogP contribution < -0.4 is 15.8 Å². The Morgan fingerprint density at radius 1 is 1.20 bits per heavy atom. The van der Waals surface area contributed by atoms with Crippen molar-refractivity contribution in [3.63, 3.8) is 0 Å². The summed E-state index contributed by atoms with van der Waals surface area (Å²) in [5, 5.41) is 3.32. The fourth-order valence-corrected chi connectivity index (χ4v) is 4.41. The number of benzene rings is 1. The van der Waals surface area contributed by atoms with Gasteiger partial charge in [-0.25, -0.2) is 0 Å². The molecule has 0 aliphatic heterocycles. The molecule has 25 heavy (non-hydrogen) atoms. The van der Waals surface area contributed by atoms with Crippen LogP contribution in [0.4, 0.5) is 0 Å². The molecular formula is C21H32N2O2. The number of fused-ring (bicyclic) bond motifs is 2. The van der Waals surface area contributed by atoms with E-state index in [4.69, 9.17) is 10.5 Å². The second kappa shape index (κ2) is 8.22. The molecule has 138 valence electrons. The maximum atomic E-state index is 12.5. The Hall–Kier alpha value is -1.55. The number of nitrogens with two attached hydrogens (primary N) is 1. The maximum Gasteiger partial charge on any atom is 0.224 e. The van der Waals surface area contributed by atoms with E-state index in [1.165, 1.54) is 19.3 Å². The molecule has 0 radical (unpaired) electrons. The third-order valence-corrected chi connectivity index (χ3v) is 5.58. The summed E-state index contributed by atoms with van der Waals surface area (Å²) in [5.41, 5.74) is 7.21. The van der Waals surface area contributed by atoms with Crippen molar-refractivity contribution in [2.24, 2.45) is 23.5 Å². The molecule has 2 saturated carbocycles. The summed E-state index contributed by atoms with van der Waals surface area (Å²) >= 11 is 0. The third kappa shape index (κ3) is 4.97. The molecule has 0 aromatic heterocycles. The zero-order chi connectivity index (χ0) is 17.8. The molecule has 2 aliphatic rings. The van der Waals surface area contributed by atoms with Crippen molar-refractivity contribution in [1.29, 1.82) is 0 Å². The van der Waals surface area contributed by atoms with E-state index in [1.54, 1.807) is 0 Å². The Labute approximate surface area is 151 Å². The number of nitrogens with one attached hydrogen (secondary N) is 1. The van der Waals surface area contributed by atoms with Crippen molar-refractivity contribution < 1.29 is 9.53 Å². The molecule has 2 fully saturated rings. The highest BCUT2D eigenvalue weighted by atomic mass is 16.5. The fraction of sp³-hybridized carbons (Fsp3) is 0.667. The van der Waals surface area contributed by atoms with Crippen molar-refractivity contribution in [1.82, 2.24) is 5.32 Å². The van der Waals surface area contributed by atoms with Crippen LogP contribution >= 0.6 is 0 Å². The summed E-state index contributed by atoms with van der Waals surface area (Å²) in [5.74, 6) is 2.65. The summed E-state index contributed by atoms with van der Waals surface area (Å²) in [6.45, 7) is 4.98. The lowest BCUT2D eigenvalue weighted by molar-refractivity contribution is -0.122. The average molecular weight is 344 g/mol. The molecule has 0 spiro atoms. The van der Waals surface area contributed by atoms with Crippen LogP contribution in [0.15, 0.2) is 24.3 Å². The highest BCUT2D eigenvalue weighted by molar-refractivity contribution is 5.79. The van der Waals surface area contributed by atoms with Gasteiger partial charge in [-0.1, -0.05) is 32.4 Å². The topological polar surface area (TPSA) is 64.3 Å². The predicted molar refractivity (Wildman–Crippen MR) is 100 cm³/mol. The van der Waals surface area contributed by atoms with Crippen LogP contribution in [-0.4, -0.2) is 24.6 Å². The molecule has 3 N–H and O–H groups in total. The highest BCUT2D eigenvalue weighted by Gasteiger charge is 2.39. The van der Waals surface area contributed by atoms with Crippen LogP contribution in [0, 0.1) is 17.8 Å². The summed E-state index contributed by atoms with van der Waals surface area (Å²) < 4.78 is 5.70. The Morgan fingerprint density at radius 3 is 2.44 bits per heavy atom. The van der Waals surface area contributed by atoms with Gasteiger partial charge in [0.2, 0.25) is 5.91 Å². The third-order valence-electron chi connectivity index (χ3n) is 5.58. The predicted octanol–water partition coefficient (Wildman–Crippen LogP) is 3.29. The number of carbonyl (C=O) groups is 1. The van der Waals surface area contributed by atoms with Crippen LogP contribution in [-0.2, 0) is 11.2 Å². The SMILES string of the molecule is CC(C)COc1ccc(CC(=O)NC2C3CCCC2CC(N)C3)cc1. The van der Waals surface area contributed by atoms with Crippen LogP contribution in [0.25, 0.3) is 0 Å². The van der Waals surface area contributed by atoms with E-state index < -0.39 is 0 Å². The first-order valence-corrected chi connectivity index (χ1v) is 9.78. The molecule has 2 aliphatic carbocycles. The molecule has 2 atom stereocenters. The lowest BCUT2D eigenvalue weighted by Gasteiger charge is -2.45. The van der Waals surface area contributed by atoms with E-state index in [0.29, 0.717) is 42.9 Å². The smallest absolute Gasteiger partial charge is 0.224 e. The molecule has 0 heterocycles. The van der Waals surface area contributed by atoms with Gasteiger partial charge in [-0.05, 0) is 61.1 Å². The molecule has 4 nitrogen and oxygen atoms in total. The maximum absolute atomic E-state index is 12.5. The number of ether oxygens (including phenoxy) is 1. The lowest BCUT2D eigenvalue weighted by Crippen LogP contribution is -2.54. The summed E-state index contributed by atoms with van der Waals surface area (Å²) in [4.78, 5) is 12.5. The van der Waals surface area contributed by atoms with Gasteiger partial charge in [-0.2, -0.15) is 0 Å². The number of rotatable bonds is 6. The monoisotopic (exact) mass is 344 g/mol. The van der Waals surface area contributed by atoms with Gasteiger partial charge in [0, 0.05) is 12.1 Å². The van der Waals surface area contributed by atoms with E-state index in [9.17, 15) is 4.79 Å². The van der Waals surface area contributed by atoms with E-state index in [-0.39, 0.29) is 5.91 Å². The number of hydrogen-bond donors (Lipinski definition) is 2. The van der Waals surface area contributed by atoms with Gasteiger partial charge in [0.15, 0.2) is 0 Å². The number of carbonyl (C=O) groups excluding carboxylic acids is 1. The van der Waals surface area contributed by atoms with E-state index >= 15 is 0 Å². The first-order chi connectivity index (χ1) is 12.0. The van der Waals surface area contributed by atoms with Gasteiger partial charge in [0.05, 0.1) is 13.0 Å². The average Bonchev–Trinajstić information content (AvgIpc) is 2.55. The van der Waals surface area contributed by atoms with Crippen molar-refractivity contribution >= 4 is 5.91 Å². The Kier molecular flexibility index (Phi) is 6.00. The fourth-order valence-electron chi connectivity index (χ4n) is 4.41. The molecule has 1 amide bonds. The van der Waals surface area contributed by atoms with E-state index in [2.05, 4.69) is 19.2 Å². The Balaban J connectivity index is 1.52. The van der Waals surface area contributed by atoms with Gasteiger partial charge in [0.25, 0.3) is 0 Å². The minimum absolute atomic E-state index is 0.133. The van der Waals surface area contributed by atoms with Gasteiger partial charge in [-0.15, -0.1) is 0 Å². The molecule has 3 rings (SSSR count). The minimum Gasteiger partial charge on any atom is -0.493 e. The minimum atomic E-state index is 0.133. The zero-order valence-corrected chi connectivity index (χ0v) is 15.5. The zero-order valence-electron chi connectivity index (χ0n) is 15.5.